The van der Waals surface area contributed by atoms with Gasteiger partial charge in [-0.15, -0.1) is 0 Å². The normalized spacial score (nSPS) is 10.1. The van der Waals surface area contributed by atoms with Gasteiger partial charge in [0.05, 0.1) is 18.8 Å². The molecule has 0 saturated heterocycles. The van der Waals surface area contributed by atoms with Crippen molar-refractivity contribution >= 4 is 5.97 Å². The van der Waals surface area contributed by atoms with Crippen LogP contribution in [0.5, 0.6) is 5.75 Å². The molecule has 1 rings (SSSR count). The quantitative estimate of drug-likeness (QED) is 0.404. The van der Waals surface area contributed by atoms with Crippen LogP contribution in [0.1, 0.15) is 43.5 Å². The van der Waals surface area contributed by atoms with Gasteiger partial charge in [0.25, 0.3) is 0 Å². The third-order valence-electron chi connectivity index (χ3n) is 2.28. The zero-order chi connectivity index (χ0) is 13.2. The summed E-state index contributed by atoms with van der Waals surface area (Å²) < 4.78 is 5.50. The number of unbranched alkanes of at least 4 members (excludes halogenated alkanes) is 1. The summed E-state index contributed by atoms with van der Waals surface area (Å²) in [5.74, 6) is 0.276. The molecule has 1 aromatic rings. The average Bonchev–Trinajstić information content (AvgIpc) is 2.40. The fourth-order valence-electron chi connectivity index (χ4n) is 1.25. The van der Waals surface area contributed by atoms with Crippen LogP contribution in [0.2, 0.25) is 0 Å². The Hall–Kier alpha value is -1.55. The van der Waals surface area contributed by atoms with E-state index in [-0.39, 0.29) is 0 Å². The van der Waals surface area contributed by atoms with Crippen molar-refractivity contribution in [2.24, 2.45) is 0 Å². The molecule has 0 aliphatic heterocycles. The molecule has 0 aliphatic rings. The van der Waals surface area contributed by atoms with Crippen molar-refractivity contribution in [3.8, 4) is 5.75 Å². The van der Waals surface area contributed by atoms with Gasteiger partial charge in [-0.2, -0.15) is 4.89 Å². The summed E-state index contributed by atoms with van der Waals surface area (Å²) in [5, 5.41) is 0. The Morgan fingerprint density at radius 1 is 1.06 bits per heavy atom. The molecular weight excluding hydrogens is 232 g/mol. The largest absolute Gasteiger partial charge is 0.494 e. The summed E-state index contributed by atoms with van der Waals surface area (Å²) in [4.78, 5) is 20.9. The van der Waals surface area contributed by atoms with Crippen LogP contribution in [0.25, 0.3) is 0 Å². The molecule has 0 N–H and O–H groups in total. The molecule has 4 heteroatoms. The molecule has 0 aromatic heterocycles. The Kier molecular flexibility index (Phi) is 6.87. The van der Waals surface area contributed by atoms with Gasteiger partial charge in [-0.3, -0.25) is 4.89 Å². The van der Waals surface area contributed by atoms with E-state index in [1.807, 2.05) is 6.92 Å². The number of carbonyl (C=O) groups excluding carboxylic acids is 1. The lowest BCUT2D eigenvalue weighted by molar-refractivity contribution is -0.240. The van der Waals surface area contributed by atoms with Crippen LogP contribution in [-0.2, 0) is 9.78 Å². The Morgan fingerprint density at radius 3 is 2.39 bits per heavy atom. The summed E-state index contributed by atoms with van der Waals surface area (Å²) >= 11 is 0. The molecule has 4 nitrogen and oxygen atoms in total. The van der Waals surface area contributed by atoms with Gasteiger partial charge in [0.15, 0.2) is 0 Å². The van der Waals surface area contributed by atoms with Crippen molar-refractivity contribution in [3.05, 3.63) is 29.8 Å². The lowest BCUT2D eigenvalue weighted by Gasteiger charge is -2.06. The van der Waals surface area contributed by atoms with Crippen LogP contribution in [0.15, 0.2) is 24.3 Å². The number of carbonyl (C=O) groups is 1. The molecule has 0 amide bonds. The molecule has 100 valence electrons. The van der Waals surface area contributed by atoms with Crippen LogP contribution in [0.4, 0.5) is 0 Å². The Morgan fingerprint density at radius 2 is 1.78 bits per heavy atom. The van der Waals surface area contributed by atoms with E-state index < -0.39 is 5.97 Å². The minimum atomic E-state index is -0.483. The van der Waals surface area contributed by atoms with Crippen LogP contribution in [0.3, 0.4) is 0 Å². The Bertz CT molecular complexity index is 345. The molecule has 0 fully saturated rings. The molecule has 0 bridgehead atoms. The summed E-state index contributed by atoms with van der Waals surface area (Å²) in [5.41, 5.74) is 0.453. The van der Waals surface area contributed by atoms with Crippen molar-refractivity contribution in [2.75, 3.05) is 13.2 Å². The summed E-state index contributed by atoms with van der Waals surface area (Å²) in [6.07, 6.45) is 2.92. The van der Waals surface area contributed by atoms with Gasteiger partial charge in [-0.25, -0.2) is 4.79 Å². The number of ether oxygens (including phenoxy) is 1. The second-order valence-corrected chi connectivity index (χ2v) is 3.92. The van der Waals surface area contributed by atoms with E-state index in [9.17, 15) is 4.79 Å². The summed E-state index contributed by atoms with van der Waals surface area (Å²) in [6.45, 7) is 5.15. The molecule has 18 heavy (non-hydrogen) atoms. The average molecular weight is 252 g/mol. The topological polar surface area (TPSA) is 44.8 Å². The standard InChI is InChI=1S/C14H20O4/c1-3-5-11-16-13-8-6-12(7-9-13)14(15)18-17-10-4-2/h6-9H,3-5,10-11H2,1-2H3. The van der Waals surface area contributed by atoms with Gasteiger partial charge in [0, 0.05) is 0 Å². The van der Waals surface area contributed by atoms with E-state index in [2.05, 4.69) is 11.8 Å². The zero-order valence-electron chi connectivity index (χ0n) is 11.0. The lowest BCUT2D eigenvalue weighted by Crippen LogP contribution is -2.06. The highest BCUT2D eigenvalue weighted by Crippen LogP contribution is 2.13. The number of benzene rings is 1. The van der Waals surface area contributed by atoms with Crippen molar-refractivity contribution in [3.63, 3.8) is 0 Å². The maximum Gasteiger partial charge on any atom is 0.373 e. The third kappa shape index (κ3) is 5.19. The molecule has 1 aromatic carbocycles. The van der Waals surface area contributed by atoms with E-state index in [0.717, 1.165) is 25.0 Å². The van der Waals surface area contributed by atoms with Crippen LogP contribution >= 0.6 is 0 Å². The van der Waals surface area contributed by atoms with Crippen molar-refractivity contribution in [1.29, 1.82) is 0 Å². The Balaban J connectivity index is 2.41. The fraction of sp³-hybridized carbons (Fsp3) is 0.500. The molecule has 0 atom stereocenters. The molecular formula is C14H20O4. The molecule has 0 heterocycles. The van der Waals surface area contributed by atoms with Crippen molar-refractivity contribution in [1.82, 2.24) is 0 Å². The highest BCUT2D eigenvalue weighted by molar-refractivity contribution is 5.89. The predicted molar refractivity (Wildman–Crippen MR) is 68.5 cm³/mol. The second-order valence-electron chi connectivity index (χ2n) is 3.92. The second kappa shape index (κ2) is 8.53. The van der Waals surface area contributed by atoms with Gasteiger partial charge in [0.1, 0.15) is 5.75 Å². The van der Waals surface area contributed by atoms with E-state index in [4.69, 9.17) is 9.62 Å². The lowest BCUT2D eigenvalue weighted by atomic mass is 10.2. The van der Waals surface area contributed by atoms with Crippen molar-refractivity contribution in [2.45, 2.75) is 33.1 Å². The first-order chi connectivity index (χ1) is 8.77. The number of hydrogen-bond donors (Lipinski definition) is 0. The fourth-order valence-corrected chi connectivity index (χ4v) is 1.25. The molecule has 0 unspecified atom stereocenters. The van der Waals surface area contributed by atoms with E-state index in [1.54, 1.807) is 24.3 Å². The molecule has 0 saturated carbocycles. The monoisotopic (exact) mass is 252 g/mol. The molecule has 0 radical (unpaired) electrons. The maximum atomic E-state index is 11.5. The van der Waals surface area contributed by atoms with E-state index in [1.165, 1.54) is 0 Å². The summed E-state index contributed by atoms with van der Waals surface area (Å²) in [6, 6.07) is 6.84. The van der Waals surface area contributed by atoms with Crippen molar-refractivity contribution < 1.29 is 19.3 Å². The minimum Gasteiger partial charge on any atom is -0.494 e. The minimum absolute atomic E-state index is 0.407. The number of rotatable bonds is 8. The van der Waals surface area contributed by atoms with Gasteiger partial charge in [-0.1, -0.05) is 20.3 Å². The third-order valence-corrected chi connectivity index (χ3v) is 2.28. The highest BCUT2D eigenvalue weighted by atomic mass is 17.2. The molecule has 0 aliphatic carbocycles. The Labute approximate surface area is 108 Å². The first kappa shape index (κ1) is 14.5. The van der Waals surface area contributed by atoms with Gasteiger partial charge in [0.2, 0.25) is 0 Å². The smallest absolute Gasteiger partial charge is 0.373 e. The van der Waals surface area contributed by atoms with E-state index in [0.29, 0.717) is 18.8 Å². The van der Waals surface area contributed by atoms with E-state index >= 15 is 0 Å². The van der Waals surface area contributed by atoms with Crippen LogP contribution < -0.4 is 4.74 Å². The SMILES string of the molecule is CCCCOc1ccc(C(=O)OOCCC)cc1. The zero-order valence-corrected chi connectivity index (χ0v) is 11.0. The van der Waals surface area contributed by atoms with Gasteiger partial charge >= 0.3 is 5.97 Å². The summed E-state index contributed by atoms with van der Waals surface area (Å²) in [7, 11) is 0. The maximum absolute atomic E-state index is 11.5. The molecule has 0 spiro atoms. The number of hydrogen-bond acceptors (Lipinski definition) is 4. The highest BCUT2D eigenvalue weighted by Gasteiger charge is 2.08. The predicted octanol–water partition coefficient (Wildman–Crippen LogP) is 3.36. The van der Waals surface area contributed by atoms with Gasteiger partial charge < -0.3 is 4.74 Å². The van der Waals surface area contributed by atoms with Crippen LogP contribution in [-0.4, -0.2) is 19.2 Å². The first-order valence-corrected chi connectivity index (χ1v) is 6.34. The van der Waals surface area contributed by atoms with Crippen LogP contribution in [0, 0.1) is 0 Å². The van der Waals surface area contributed by atoms with Gasteiger partial charge in [-0.05, 0) is 37.1 Å². The first-order valence-electron chi connectivity index (χ1n) is 6.34.